The van der Waals surface area contributed by atoms with Crippen LogP contribution in [0, 0.1) is 5.92 Å². The topological polar surface area (TPSA) is 68.5 Å². The standard InChI is InChI=1S/C23H32N5O3/c1-25-21-20(22(29)26(2)23(25)30)28(13-14-31-3)19(24-21)16-27-11-9-18(10-12-27)15-17-7-5-4-6-8-17/h4-8,18,20H,9-16H2,1-3H3/q+1. The molecule has 0 bridgehead atoms. The van der Waals surface area contributed by atoms with Crippen molar-refractivity contribution in [3.8, 4) is 0 Å². The van der Waals surface area contributed by atoms with Crippen molar-refractivity contribution in [2.75, 3.05) is 54.0 Å². The molecule has 1 aromatic rings. The number of imide groups is 1. The monoisotopic (exact) mass is 426 g/mol. The molecule has 1 atom stereocenters. The number of carbonyl (C=O) groups excluding carboxylic acids is 2. The minimum Gasteiger partial charge on any atom is -0.381 e. The number of piperidine rings is 1. The number of nitrogens with zero attached hydrogens (tertiary/aromatic N) is 5. The number of benzene rings is 1. The van der Waals surface area contributed by atoms with Crippen LogP contribution in [0.2, 0.25) is 0 Å². The van der Waals surface area contributed by atoms with Crippen LogP contribution in [-0.4, -0.2) is 103 Å². The zero-order chi connectivity index (χ0) is 22.0. The van der Waals surface area contributed by atoms with Gasteiger partial charge in [-0.15, -0.1) is 0 Å². The molecule has 0 spiro atoms. The molecule has 2 fully saturated rings. The van der Waals surface area contributed by atoms with Crippen molar-refractivity contribution in [2.45, 2.75) is 25.3 Å². The van der Waals surface area contributed by atoms with Crippen molar-refractivity contribution in [2.24, 2.45) is 10.9 Å². The molecule has 3 aliphatic rings. The lowest BCUT2D eigenvalue weighted by molar-refractivity contribution is -0.538. The van der Waals surface area contributed by atoms with Gasteiger partial charge in [0.15, 0.2) is 0 Å². The first kappa shape index (κ1) is 21.6. The fraction of sp³-hybridized carbons (Fsp3) is 0.565. The predicted molar refractivity (Wildman–Crippen MR) is 118 cm³/mol. The molecule has 1 aromatic carbocycles. The third-order valence-corrected chi connectivity index (χ3v) is 6.59. The van der Waals surface area contributed by atoms with Gasteiger partial charge in [-0.25, -0.2) is 9.37 Å². The van der Waals surface area contributed by atoms with Gasteiger partial charge < -0.3 is 4.74 Å². The van der Waals surface area contributed by atoms with E-state index < -0.39 is 6.04 Å². The van der Waals surface area contributed by atoms with E-state index in [0.29, 0.717) is 31.4 Å². The molecule has 0 N–H and O–H groups in total. The number of fused-ring (bicyclic) bond motifs is 1. The zero-order valence-electron chi connectivity index (χ0n) is 18.7. The summed E-state index contributed by atoms with van der Waals surface area (Å²) in [6.07, 6.45) is 3.43. The average Bonchev–Trinajstić information content (AvgIpc) is 3.15. The average molecular weight is 427 g/mol. The maximum absolute atomic E-state index is 12.9. The van der Waals surface area contributed by atoms with Crippen molar-refractivity contribution < 1.29 is 18.9 Å². The summed E-state index contributed by atoms with van der Waals surface area (Å²) in [5.74, 6) is 1.85. The molecule has 0 aromatic heterocycles. The predicted octanol–water partition coefficient (Wildman–Crippen LogP) is 1.30. The lowest BCUT2D eigenvalue weighted by Crippen LogP contribution is -2.61. The normalized spacial score (nSPS) is 22.9. The summed E-state index contributed by atoms with van der Waals surface area (Å²) in [4.78, 5) is 35.1. The van der Waals surface area contributed by atoms with Crippen molar-refractivity contribution in [1.29, 1.82) is 0 Å². The second-order valence-electron chi connectivity index (χ2n) is 8.62. The number of amidine groups is 2. The summed E-state index contributed by atoms with van der Waals surface area (Å²) < 4.78 is 7.29. The molecular weight excluding hydrogens is 394 g/mol. The number of hydrogen-bond donors (Lipinski definition) is 0. The van der Waals surface area contributed by atoms with Crippen molar-refractivity contribution in [1.82, 2.24) is 14.7 Å². The SMILES string of the molecule is COCC[N+]1=C(CN2CCC(Cc3ccccc3)CC2)N=C2C1C(=O)N(C)C(=O)N2C. The van der Waals surface area contributed by atoms with Crippen molar-refractivity contribution in [3.05, 3.63) is 35.9 Å². The summed E-state index contributed by atoms with van der Waals surface area (Å²) in [5, 5.41) is 0. The number of ether oxygens (including phenoxy) is 1. The van der Waals surface area contributed by atoms with Crippen LogP contribution in [0.4, 0.5) is 4.79 Å². The Morgan fingerprint density at radius 3 is 2.48 bits per heavy atom. The molecule has 1 unspecified atom stereocenters. The van der Waals surface area contributed by atoms with E-state index >= 15 is 0 Å². The molecule has 3 amide bonds. The van der Waals surface area contributed by atoms with Gasteiger partial charge in [-0.05, 0) is 48.8 Å². The van der Waals surface area contributed by atoms with E-state index in [1.165, 1.54) is 22.4 Å². The summed E-state index contributed by atoms with van der Waals surface area (Å²) in [6, 6.07) is 9.80. The second-order valence-corrected chi connectivity index (χ2v) is 8.62. The number of methoxy groups -OCH3 is 1. The van der Waals surface area contributed by atoms with E-state index in [1.807, 2.05) is 4.58 Å². The highest BCUT2D eigenvalue weighted by molar-refractivity contribution is 6.23. The third-order valence-electron chi connectivity index (χ3n) is 6.59. The Hall–Kier alpha value is -2.58. The number of likely N-dealkylation sites (tertiary alicyclic amines) is 1. The quantitative estimate of drug-likeness (QED) is 0.617. The van der Waals surface area contributed by atoms with Gasteiger partial charge >= 0.3 is 11.9 Å². The lowest BCUT2D eigenvalue weighted by atomic mass is 9.90. The molecule has 3 aliphatic heterocycles. The zero-order valence-corrected chi connectivity index (χ0v) is 18.7. The molecule has 31 heavy (non-hydrogen) atoms. The Morgan fingerprint density at radius 1 is 1.10 bits per heavy atom. The maximum atomic E-state index is 12.9. The van der Waals surface area contributed by atoms with E-state index in [2.05, 4.69) is 35.2 Å². The summed E-state index contributed by atoms with van der Waals surface area (Å²) >= 11 is 0. The number of hydrogen-bond acceptors (Lipinski definition) is 5. The van der Waals surface area contributed by atoms with Gasteiger partial charge in [-0.1, -0.05) is 30.3 Å². The van der Waals surface area contributed by atoms with E-state index in [1.54, 1.807) is 14.2 Å². The molecule has 0 saturated carbocycles. The van der Waals surface area contributed by atoms with Gasteiger partial charge in [-0.2, -0.15) is 0 Å². The fourth-order valence-corrected chi connectivity index (χ4v) is 4.72. The van der Waals surface area contributed by atoms with Gasteiger partial charge in [0.05, 0.1) is 6.61 Å². The molecule has 8 heteroatoms. The first-order valence-electron chi connectivity index (χ1n) is 11.0. The van der Waals surface area contributed by atoms with Crippen LogP contribution in [0.1, 0.15) is 18.4 Å². The van der Waals surface area contributed by atoms with Crippen molar-refractivity contribution in [3.63, 3.8) is 0 Å². The first-order valence-corrected chi connectivity index (χ1v) is 11.0. The van der Waals surface area contributed by atoms with Crippen LogP contribution in [0.3, 0.4) is 0 Å². The highest BCUT2D eigenvalue weighted by Gasteiger charge is 2.53. The van der Waals surface area contributed by atoms with E-state index in [0.717, 1.165) is 38.2 Å². The van der Waals surface area contributed by atoms with E-state index in [4.69, 9.17) is 9.73 Å². The second kappa shape index (κ2) is 9.28. The summed E-state index contributed by atoms with van der Waals surface area (Å²) in [6.45, 7) is 3.77. The van der Waals surface area contributed by atoms with Crippen LogP contribution >= 0.6 is 0 Å². The van der Waals surface area contributed by atoms with Crippen LogP contribution in [-0.2, 0) is 16.0 Å². The molecule has 166 valence electrons. The van der Waals surface area contributed by atoms with Gasteiger partial charge in [0.1, 0.15) is 13.1 Å². The Labute approximate surface area is 183 Å². The van der Waals surface area contributed by atoms with Crippen LogP contribution in [0.15, 0.2) is 35.3 Å². The van der Waals surface area contributed by atoms with Gasteiger partial charge in [0, 0.05) is 21.2 Å². The number of carbonyl (C=O) groups is 2. The van der Waals surface area contributed by atoms with Gasteiger partial charge in [0.25, 0.3) is 17.8 Å². The van der Waals surface area contributed by atoms with Crippen LogP contribution in [0.25, 0.3) is 0 Å². The number of amides is 3. The number of likely N-dealkylation sites (N-methyl/N-ethyl adjacent to an activating group) is 2. The highest BCUT2D eigenvalue weighted by Crippen LogP contribution is 2.23. The highest BCUT2D eigenvalue weighted by atomic mass is 16.5. The molecule has 0 aliphatic carbocycles. The first-order chi connectivity index (χ1) is 15.0. The van der Waals surface area contributed by atoms with E-state index in [9.17, 15) is 9.59 Å². The molecule has 3 heterocycles. The molecule has 2 saturated heterocycles. The molecule has 8 nitrogen and oxygen atoms in total. The maximum Gasteiger partial charge on any atom is 0.333 e. The number of urea groups is 1. The Morgan fingerprint density at radius 2 is 1.81 bits per heavy atom. The van der Waals surface area contributed by atoms with Gasteiger partial charge in [0.2, 0.25) is 0 Å². The van der Waals surface area contributed by atoms with Crippen LogP contribution in [0.5, 0.6) is 0 Å². The summed E-state index contributed by atoms with van der Waals surface area (Å²) in [7, 11) is 4.87. The van der Waals surface area contributed by atoms with E-state index in [-0.39, 0.29) is 11.9 Å². The molecule has 0 radical (unpaired) electrons. The Bertz CT molecular complexity index is 890. The minimum absolute atomic E-state index is 0.227. The van der Waals surface area contributed by atoms with Gasteiger partial charge in [-0.3, -0.25) is 19.5 Å². The van der Waals surface area contributed by atoms with Crippen LogP contribution < -0.4 is 0 Å². The number of aliphatic imine (C=N–C) groups is 1. The minimum atomic E-state index is -0.548. The summed E-state index contributed by atoms with van der Waals surface area (Å²) in [5.41, 5.74) is 1.41. The third kappa shape index (κ3) is 4.41. The molecule has 4 rings (SSSR count). The Balaban J connectivity index is 1.45. The van der Waals surface area contributed by atoms with Crippen molar-refractivity contribution >= 4 is 23.6 Å². The largest absolute Gasteiger partial charge is 0.381 e. The lowest BCUT2D eigenvalue weighted by Gasteiger charge is -2.31. The fourth-order valence-electron chi connectivity index (χ4n) is 4.72. The number of rotatable bonds is 7. The smallest absolute Gasteiger partial charge is 0.333 e. The molecular formula is C23H32N5O3+. The Kier molecular flexibility index (Phi) is 6.48.